The predicted octanol–water partition coefficient (Wildman–Crippen LogP) is 3.44. The first-order valence-corrected chi connectivity index (χ1v) is 11.1. The van der Waals surface area contributed by atoms with Crippen LogP contribution in [0.2, 0.25) is 0 Å². The predicted molar refractivity (Wildman–Crippen MR) is 145 cm³/mol. The lowest BCUT2D eigenvalue weighted by Crippen LogP contribution is -2.37. The lowest BCUT2D eigenvalue weighted by atomic mass is 10.1. The molecule has 0 spiro atoms. The highest BCUT2D eigenvalue weighted by atomic mass is 127. The van der Waals surface area contributed by atoms with Crippen molar-refractivity contribution in [2.45, 2.75) is 32.7 Å². The van der Waals surface area contributed by atoms with E-state index in [-0.39, 0.29) is 35.8 Å². The van der Waals surface area contributed by atoms with Crippen LogP contribution in [0.25, 0.3) is 0 Å². The molecule has 2 aromatic carbocycles. The molecule has 0 unspecified atom stereocenters. The molecule has 7 nitrogen and oxygen atoms in total. The van der Waals surface area contributed by atoms with E-state index in [1.807, 2.05) is 48.5 Å². The van der Waals surface area contributed by atoms with Gasteiger partial charge < -0.3 is 20.9 Å². The summed E-state index contributed by atoms with van der Waals surface area (Å²) in [7, 11) is 5.24. The van der Waals surface area contributed by atoms with Gasteiger partial charge in [-0.25, -0.2) is 0 Å². The summed E-state index contributed by atoms with van der Waals surface area (Å²) in [5.41, 5.74) is 3.52. The summed E-state index contributed by atoms with van der Waals surface area (Å²) in [6.07, 6.45) is 2.82. The maximum absolute atomic E-state index is 12.1. The summed E-state index contributed by atoms with van der Waals surface area (Å²) in [4.78, 5) is 30.1. The Labute approximate surface area is 214 Å². The number of unbranched alkanes of at least 4 members (excludes halogenated alkanes) is 1. The zero-order chi connectivity index (χ0) is 23.3. The van der Waals surface area contributed by atoms with E-state index in [4.69, 9.17) is 0 Å². The molecule has 3 N–H and O–H groups in total. The van der Waals surface area contributed by atoms with Crippen LogP contribution in [0.15, 0.2) is 53.5 Å². The van der Waals surface area contributed by atoms with Gasteiger partial charge >= 0.3 is 0 Å². The number of amides is 2. The molecule has 0 bridgehead atoms. The number of benzene rings is 2. The minimum Gasteiger partial charge on any atom is -0.356 e. The Morgan fingerprint density at radius 2 is 1.64 bits per heavy atom. The Morgan fingerprint density at radius 3 is 2.27 bits per heavy atom. The zero-order valence-corrected chi connectivity index (χ0v) is 22.3. The first kappa shape index (κ1) is 28.4. The molecule has 0 heterocycles. The molecule has 0 saturated heterocycles. The van der Waals surface area contributed by atoms with Crippen LogP contribution in [0.1, 0.15) is 51.6 Å². The molecule has 0 aliphatic heterocycles. The molecule has 33 heavy (non-hydrogen) atoms. The number of aliphatic imine (C=N–C) groups is 1. The smallest absolute Gasteiger partial charge is 0.253 e. The fourth-order valence-electron chi connectivity index (χ4n) is 3.10. The number of hydrogen-bond donors (Lipinski definition) is 3. The lowest BCUT2D eigenvalue weighted by molar-refractivity contribution is 0.0827. The van der Waals surface area contributed by atoms with Gasteiger partial charge in [-0.15, -0.1) is 24.0 Å². The van der Waals surface area contributed by atoms with E-state index in [9.17, 15) is 9.59 Å². The van der Waals surface area contributed by atoms with Crippen LogP contribution >= 0.6 is 24.0 Å². The van der Waals surface area contributed by atoms with Crippen molar-refractivity contribution in [3.63, 3.8) is 0 Å². The minimum atomic E-state index is -0.0354. The average molecular weight is 566 g/mol. The van der Waals surface area contributed by atoms with Crippen molar-refractivity contribution < 1.29 is 9.59 Å². The summed E-state index contributed by atoms with van der Waals surface area (Å²) in [6.45, 7) is 4.10. The fraction of sp³-hybridized carbons (Fsp3) is 0.400. The van der Waals surface area contributed by atoms with Gasteiger partial charge in [0.25, 0.3) is 11.8 Å². The van der Waals surface area contributed by atoms with Gasteiger partial charge in [0.15, 0.2) is 5.96 Å². The van der Waals surface area contributed by atoms with Crippen molar-refractivity contribution in [2.24, 2.45) is 4.99 Å². The molecule has 0 aliphatic carbocycles. The highest BCUT2D eigenvalue weighted by Gasteiger charge is 2.08. The summed E-state index contributed by atoms with van der Waals surface area (Å²) >= 11 is 0. The van der Waals surface area contributed by atoms with Crippen LogP contribution < -0.4 is 16.0 Å². The maximum Gasteiger partial charge on any atom is 0.253 e. The van der Waals surface area contributed by atoms with Crippen molar-refractivity contribution in [3.8, 4) is 0 Å². The van der Waals surface area contributed by atoms with Crippen LogP contribution in [0.3, 0.4) is 0 Å². The van der Waals surface area contributed by atoms with Gasteiger partial charge in [0.1, 0.15) is 0 Å². The number of guanidine groups is 1. The largest absolute Gasteiger partial charge is 0.356 e. The molecule has 0 aromatic heterocycles. The van der Waals surface area contributed by atoms with Crippen LogP contribution in [-0.4, -0.2) is 56.9 Å². The third-order valence-electron chi connectivity index (χ3n) is 5.00. The maximum atomic E-state index is 12.1. The molecule has 0 aliphatic rings. The quantitative estimate of drug-likeness (QED) is 0.178. The summed E-state index contributed by atoms with van der Waals surface area (Å²) < 4.78 is 0. The van der Waals surface area contributed by atoms with E-state index < -0.39 is 0 Å². The second-order valence-electron chi connectivity index (χ2n) is 7.81. The first-order valence-electron chi connectivity index (χ1n) is 11.1. The molecule has 2 rings (SSSR count). The SMILES string of the molecule is CCCCNC(=O)c1ccc(CNC(=NC)NCCc2cccc(C(=O)N(C)C)c2)cc1.I. The van der Waals surface area contributed by atoms with Crippen molar-refractivity contribution in [2.75, 3.05) is 34.2 Å². The minimum absolute atomic E-state index is 0. The Balaban J connectivity index is 0.00000544. The number of hydrogen-bond acceptors (Lipinski definition) is 3. The molecular formula is C25H36IN5O2. The summed E-state index contributed by atoms with van der Waals surface area (Å²) in [5, 5.41) is 9.51. The van der Waals surface area contributed by atoms with Crippen LogP contribution in [0, 0.1) is 0 Å². The summed E-state index contributed by atoms with van der Waals surface area (Å²) in [5.74, 6) is 0.667. The molecule has 2 aromatic rings. The van der Waals surface area contributed by atoms with Gasteiger partial charge in [0.2, 0.25) is 0 Å². The van der Waals surface area contributed by atoms with E-state index in [2.05, 4.69) is 27.9 Å². The van der Waals surface area contributed by atoms with Crippen molar-refractivity contribution >= 4 is 41.8 Å². The topological polar surface area (TPSA) is 85.8 Å². The number of nitrogens with zero attached hydrogens (tertiary/aromatic N) is 2. The third-order valence-corrected chi connectivity index (χ3v) is 5.00. The van der Waals surface area contributed by atoms with E-state index in [1.54, 1.807) is 26.0 Å². The van der Waals surface area contributed by atoms with E-state index in [1.165, 1.54) is 0 Å². The highest BCUT2D eigenvalue weighted by Crippen LogP contribution is 2.08. The molecule has 8 heteroatoms. The fourth-order valence-corrected chi connectivity index (χ4v) is 3.10. The molecule has 0 atom stereocenters. The number of nitrogens with one attached hydrogen (secondary N) is 3. The molecule has 0 radical (unpaired) electrons. The molecule has 0 fully saturated rings. The second kappa shape index (κ2) is 15.3. The van der Waals surface area contributed by atoms with Gasteiger partial charge in [0, 0.05) is 51.9 Å². The van der Waals surface area contributed by atoms with Crippen LogP contribution in [0.4, 0.5) is 0 Å². The zero-order valence-electron chi connectivity index (χ0n) is 20.0. The van der Waals surface area contributed by atoms with Gasteiger partial charge in [0.05, 0.1) is 0 Å². The van der Waals surface area contributed by atoms with Crippen molar-refractivity contribution in [3.05, 3.63) is 70.8 Å². The Kier molecular flexibility index (Phi) is 13.1. The van der Waals surface area contributed by atoms with E-state index in [0.717, 1.165) is 30.4 Å². The molecule has 0 saturated carbocycles. The van der Waals surface area contributed by atoms with Crippen molar-refractivity contribution in [1.82, 2.24) is 20.9 Å². The van der Waals surface area contributed by atoms with Gasteiger partial charge in [-0.3, -0.25) is 14.6 Å². The third kappa shape index (κ3) is 9.81. The molecule has 2 amide bonds. The van der Waals surface area contributed by atoms with Crippen molar-refractivity contribution in [1.29, 1.82) is 0 Å². The standard InChI is InChI=1S/C25H35N5O2.HI/c1-5-6-15-27-23(31)21-12-10-20(11-13-21)18-29-25(26-2)28-16-14-19-8-7-9-22(17-19)24(32)30(3)4;/h7-13,17H,5-6,14-16,18H2,1-4H3,(H,27,31)(H2,26,28,29);1H. The van der Waals surface area contributed by atoms with Gasteiger partial charge in [-0.2, -0.15) is 0 Å². The second-order valence-corrected chi connectivity index (χ2v) is 7.81. The number of rotatable bonds is 10. The lowest BCUT2D eigenvalue weighted by Gasteiger charge is -2.13. The molecule has 180 valence electrons. The first-order chi connectivity index (χ1) is 15.4. The van der Waals surface area contributed by atoms with Crippen LogP contribution in [-0.2, 0) is 13.0 Å². The Morgan fingerprint density at radius 1 is 0.909 bits per heavy atom. The average Bonchev–Trinajstić information content (AvgIpc) is 2.81. The monoisotopic (exact) mass is 565 g/mol. The number of halogens is 1. The van der Waals surface area contributed by atoms with Gasteiger partial charge in [-0.05, 0) is 48.2 Å². The molecular weight excluding hydrogens is 529 g/mol. The normalized spacial score (nSPS) is 10.7. The van der Waals surface area contributed by atoms with Crippen LogP contribution in [0.5, 0.6) is 0 Å². The number of carbonyl (C=O) groups is 2. The highest BCUT2D eigenvalue weighted by molar-refractivity contribution is 14.0. The van der Waals surface area contributed by atoms with E-state index in [0.29, 0.717) is 36.7 Å². The number of carbonyl (C=O) groups excluding carboxylic acids is 2. The summed E-state index contributed by atoms with van der Waals surface area (Å²) in [6, 6.07) is 15.3. The Bertz CT molecular complexity index is 913. The van der Waals surface area contributed by atoms with Gasteiger partial charge in [-0.1, -0.05) is 37.6 Å². The van der Waals surface area contributed by atoms with E-state index >= 15 is 0 Å². The Hall–Kier alpha value is -2.62.